The van der Waals surface area contributed by atoms with Crippen molar-refractivity contribution >= 4 is 23.6 Å². The van der Waals surface area contributed by atoms with Crippen molar-refractivity contribution in [2.75, 3.05) is 18.9 Å². The maximum Gasteiger partial charge on any atom is 0.411 e. The van der Waals surface area contributed by atoms with Crippen LogP contribution < -0.4 is 5.32 Å². The molecule has 0 aromatic heterocycles. The first-order chi connectivity index (χ1) is 18.4. The minimum absolute atomic E-state index is 0.0766. The lowest BCUT2D eigenvalue weighted by Crippen LogP contribution is -2.52. The molecule has 0 saturated carbocycles. The molecule has 1 aliphatic heterocycles. The lowest BCUT2D eigenvalue weighted by Gasteiger charge is -2.31. The van der Waals surface area contributed by atoms with Gasteiger partial charge in [-0.15, -0.1) is 0 Å². The van der Waals surface area contributed by atoms with Crippen LogP contribution in [0.5, 0.6) is 0 Å². The predicted molar refractivity (Wildman–Crippen MR) is 143 cm³/mol. The number of nitrogens with zero attached hydrogens (tertiary/aromatic N) is 2. The first-order valence-corrected chi connectivity index (χ1v) is 12.8. The van der Waals surface area contributed by atoms with Gasteiger partial charge in [0, 0.05) is 30.4 Å². The summed E-state index contributed by atoms with van der Waals surface area (Å²) in [6, 6.07) is 21.1. The molecule has 0 radical (unpaired) electrons. The first-order valence-electron chi connectivity index (χ1n) is 12.8. The second-order valence-electron chi connectivity index (χ2n) is 9.76. The Morgan fingerprint density at radius 2 is 1.61 bits per heavy atom. The molecule has 8 heteroatoms. The number of aliphatic hydroxyl groups excluding tert-OH is 1. The number of nitrogens with one attached hydrogen (secondary N) is 1. The van der Waals surface area contributed by atoms with E-state index in [1.807, 2.05) is 48.5 Å². The molecule has 1 aliphatic carbocycles. The molecule has 1 fully saturated rings. The van der Waals surface area contributed by atoms with Crippen LogP contribution in [0.3, 0.4) is 0 Å². The highest BCUT2D eigenvalue weighted by atomic mass is 16.6. The summed E-state index contributed by atoms with van der Waals surface area (Å²) < 4.78 is 5.95. The number of carbonyl (C=O) groups excluding carboxylic acids is 3. The topological polar surface area (TPSA) is 99.2 Å². The fourth-order valence-corrected chi connectivity index (χ4v) is 5.21. The van der Waals surface area contributed by atoms with Crippen LogP contribution >= 0.6 is 0 Å². The third-order valence-electron chi connectivity index (χ3n) is 7.46. The maximum absolute atomic E-state index is 13.4. The van der Waals surface area contributed by atoms with Crippen molar-refractivity contribution < 1.29 is 24.2 Å². The van der Waals surface area contributed by atoms with E-state index in [1.165, 1.54) is 4.90 Å². The summed E-state index contributed by atoms with van der Waals surface area (Å²) in [5, 5.41) is 12.1. The number of amides is 3. The zero-order valence-corrected chi connectivity index (χ0v) is 21.5. The molecule has 2 atom stereocenters. The van der Waals surface area contributed by atoms with Crippen molar-refractivity contribution in [1.29, 1.82) is 0 Å². The zero-order valence-electron chi connectivity index (χ0n) is 21.5. The summed E-state index contributed by atoms with van der Waals surface area (Å²) in [4.78, 5) is 42.5. The van der Waals surface area contributed by atoms with Crippen LogP contribution in [-0.4, -0.2) is 58.5 Å². The summed E-state index contributed by atoms with van der Waals surface area (Å²) in [5.74, 6) is -0.575. The summed E-state index contributed by atoms with van der Waals surface area (Å²) in [6.45, 7) is 2.02. The number of fused-ring (bicyclic) bond motifs is 3. The first kappa shape index (κ1) is 25.5. The monoisotopic (exact) mass is 513 g/mol. The van der Waals surface area contributed by atoms with E-state index < -0.39 is 24.3 Å². The van der Waals surface area contributed by atoms with E-state index in [4.69, 9.17) is 4.74 Å². The Morgan fingerprint density at radius 1 is 1.00 bits per heavy atom. The van der Waals surface area contributed by atoms with Gasteiger partial charge in [0.15, 0.2) is 6.10 Å². The molecule has 8 nitrogen and oxygen atoms in total. The Bertz CT molecular complexity index is 1310. The van der Waals surface area contributed by atoms with E-state index in [-0.39, 0.29) is 18.4 Å². The van der Waals surface area contributed by atoms with Crippen molar-refractivity contribution in [2.24, 2.45) is 0 Å². The van der Waals surface area contributed by atoms with Crippen LogP contribution in [0.25, 0.3) is 11.1 Å². The molecule has 3 aromatic rings. The Balaban J connectivity index is 1.25. The second-order valence-corrected chi connectivity index (χ2v) is 9.76. The average molecular weight is 514 g/mol. The van der Waals surface area contributed by atoms with Gasteiger partial charge >= 0.3 is 6.09 Å². The van der Waals surface area contributed by atoms with Crippen molar-refractivity contribution in [2.45, 2.75) is 44.6 Å². The van der Waals surface area contributed by atoms with Crippen molar-refractivity contribution in [1.82, 2.24) is 9.80 Å². The number of hydrogen-bond donors (Lipinski definition) is 2. The van der Waals surface area contributed by atoms with Crippen molar-refractivity contribution in [3.63, 3.8) is 0 Å². The van der Waals surface area contributed by atoms with Gasteiger partial charge in [-0.3, -0.25) is 14.5 Å². The fourth-order valence-electron chi connectivity index (χ4n) is 5.21. The highest BCUT2D eigenvalue weighted by molar-refractivity contribution is 5.98. The Labute approximate surface area is 221 Å². The van der Waals surface area contributed by atoms with Gasteiger partial charge in [-0.05, 0) is 48.6 Å². The number of hydrogen-bond acceptors (Lipinski definition) is 5. The van der Waals surface area contributed by atoms with Gasteiger partial charge in [0.1, 0.15) is 12.1 Å². The van der Waals surface area contributed by atoms with Crippen LogP contribution in [0.2, 0.25) is 0 Å². The quantitative estimate of drug-likeness (QED) is 0.511. The maximum atomic E-state index is 13.4. The van der Waals surface area contributed by atoms with Crippen LogP contribution in [-0.2, 0) is 20.9 Å². The number of anilines is 1. The van der Waals surface area contributed by atoms with Gasteiger partial charge in [-0.25, -0.2) is 4.79 Å². The van der Waals surface area contributed by atoms with E-state index in [2.05, 4.69) is 5.32 Å². The number of benzene rings is 3. The largest absolute Gasteiger partial charge is 0.436 e. The van der Waals surface area contributed by atoms with Crippen molar-refractivity contribution in [3.8, 4) is 11.1 Å². The fraction of sp³-hybridized carbons (Fsp3) is 0.300. The van der Waals surface area contributed by atoms with Gasteiger partial charge in [0.2, 0.25) is 11.8 Å². The van der Waals surface area contributed by atoms with E-state index in [0.29, 0.717) is 25.1 Å². The molecule has 0 spiro atoms. The summed E-state index contributed by atoms with van der Waals surface area (Å²) >= 11 is 0. The molecule has 1 heterocycles. The molecule has 3 amide bonds. The molecule has 5 rings (SSSR count). The zero-order chi connectivity index (χ0) is 26.8. The SMILES string of the molecule is C[C@H](C(=O)N1CCC[C@H]1C(=O)Nc1ccc(CO)cc1)N(C)C(=O)OC1c2ccccc2-c2ccccc21. The number of carbonyl (C=O) groups is 3. The number of likely N-dealkylation sites (N-methyl/N-ethyl adjacent to an activating group) is 1. The molecule has 0 bridgehead atoms. The van der Waals surface area contributed by atoms with Crippen LogP contribution in [0.4, 0.5) is 10.5 Å². The molecule has 196 valence electrons. The highest BCUT2D eigenvalue weighted by Crippen LogP contribution is 2.45. The predicted octanol–water partition coefficient (Wildman–Crippen LogP) is 4.34. The number of aliphatic hydroxyl groups is 1. The van der Waals surface area contributed by atoms with Gasteiger partial charge in [0.25, 0.3) is 0 Å². The number of ether oxygens (including phenoxy) is 1. The molecular weight excluding hydrogens is 482 g/mol. The summed E-state index contributed by atoms with van der Waals surface area (Å²) in [6.07, 6.45) is 0.0841. The molecule has 1 saturated heterocycles. The van der Waals surface area contributed by atoms with Gasteiger partial charge in [-0.1, -0.05) is 60.7 Å². The highest BCUT2D eigenvalue weighted by Gasteiger charge is 2.39. The molecule has 2 aliphatic rings. The second kappa shape index (κ2) is 10.7. The average Bonchev–Trinajstić information content (AvgIpc) is 3.56. The lowest BCUT2D eigenvalue weighted by atomic mass is 10.1. The molecule has 3 aromatic carbocycles. The van der Waals surface area contributed by atoms with Crippen LogP contribution in [0, 0.1) is 0 Å². The Morgan fingerprint density at radius 3 is 2.21 bits per heavy atom. The van der Waals surface area contributed by atoms with E-state index in [1.54, 1.807) is 43.1 Å². The van der Waals surface area contributed by atoms with E-state index >= 15 is 0 Å². The molecule has 0 unspecified atom stereocenters. The minimum Gasteiger partial charge on any atom is -0.436 e. The smallest absolute Gasteiger partial charge is 0.411 e. The minimum atomic E-state index is -0.813. The lowest BCUT2D eigenvalue weighted by molar-refractivity contribution is -0.140. The van der Waals surface area contributed by atoms with Crippen molar-refractivity contribution in [3.05, 3.63) is 89.5 Å². The molecule has 2 N–H and O–H groups in total. The normalized spacial score (nSPS) is 16.9. The third kappa shape index (κ3) is 4.75. The standard InChI is InChI=1S/C30H31N3O5/c1-19(29(36)33-17-7-12-26(33)28(35)31-21-15-13-20(18-34)14-16-21)32(2)30(37)38-27-24-10-5-3-8-22(24)23-9-4-6-11-25(23)27/h3-6,8-11,13-16,19,26-27,34H,7,12,17-18H2,1-2H3,(H,31,35)/t19-,26+/m1/s1. The number of rotatable bonds is 6. The van der Waals surface area contributed by atoms with Crippen LogP contribution in [0.15, 0.2) is 72.8 Å². The third-order valence-corrected chi connectivity index (χ3v) is 7.46. The Hall–Kier alpha value is -4.17. The van der Waals surface area contributed by atoms with E-state index in [0.717, 1.165) is 27.8 Å². The van der Waals surface area contributed by atoms with Crippen LogP contribution in [0.1, 0.15) is 42.6 Å². The Kier molecular flexibility index (Phi) is 7.15. The summed E-state index contributed by atoms with van der Waals surface area (Å²) in [7, 11) is 1.55. The van der Waals surface area contributed by atoms with Gasteiger partial charge in [0.05, 0.1) is 6.61 Å². The van der Waals surface area contributed by atoms with Gasteiger partial charge in [-0.2, -0.15) is 0 Å². The molecule has 38 heavy (non-hydrogen) atoms. The van der Waals surface area contributed by atoms with E-state index in [9.17, 15) is 19.5 Å². The summed E-state index contributed by atoms with van der Waals surface area (Å²) in [5.41, 5.74) is 5.23. The molecular formula is C30H31N3O5. The van der Waals surface area contributed by atoms with Gasteiger partial charge < -0.3 is 20.1 Å². The number of likely N-dealkylation sites (tertiary alicyclic amines) is 1.